The Bertz CT molecular complexity index is 644. The Morgan fingerprint density at radius 2 is 2.15 bits per heavy atom. The molecule has 0 saturated carbocycles. The van der Waals surface area contributed by atoms with Crippen LogP contribution in [0, 0.1) is 5.92 Å². The second-order valence-electron chi connectivity index (χ2n) is 4.87. The van der Waals surface area contributed by atoms with Crippen molar-refractivity contribution in [1.82, 2.24) is 19.5 Å². The molecule has 6 N–H and O–H groups in total. The topological polar surface area (TPSA) is 145 Å². The zero-order chi connectivity index (χ0) is 14.4. The van der Waals surface area contributed by atoms with Gasteiger partial charge in [0.1, 0.15) is 12.4 Å². The first-order chi connectivity index (χ1) is 9.54. The molecule has 0 aliphatic carbocycles. The number of imidazole rings is 1. The van der Waals surface area contributed by atoms with Gasteiger partial charge < -0.3 is 26.4 Å². The molecule has 1 aliphatic rings. The number of nitrogens with two attached hydrogens (primary N) is 2. The lowest BCUT2D eigenvalue weighted by Crippen LogP contribution is -2.26. The van der Waals surface area contributed by atoms with Crippen LogP contribution in [0.25, 0.3) is 11.2 Å². The molecule has 0 aromatic carbocycles. The maximum atomic E-state index is 10.3. The van der Waals surface area contributed by atoms with Crippen LogP contribution in [-0.2, 0) is 4.74 Å². The lowest BCUT2D eigenvalue weighted by molar-refractivity contribution is -0.0480. The van der Waals surface area contributed by atoms with E-state index < -0.39 is 18.4 Å². The van der Waals surface area contributed by atoms with E-state index >= 15 is 0 Å². The van der Waals surface area contributed by atoms with Gasteiger partial charge in [-0.1, -0.05) is 6.92 Å². The molecule has 1 fully saturated rings. The molecule has 9 heteroatoms. The van der Waals surface area contributed by atoms with Crippen LogP contribution >= 0.6 is 0 Å². The largest absolute Gasteiger partial charge is 0.394 e. The molecular formula is C11H16N6O3. The second kappa shape index (κ2) is 4.54. The van der Waals surface area contributed by atoms with Gasteiger partial charge >= 0.3 is 0 Å². The van der Waals surface area contributed by atoms with Crippen LogP contribution in [0.4, 0.5) is 11.8 Å². The molecule has 0 amide bonds. The second-order valence-corrected chi connectivity index (χ2v) is 4.87. The normalized spacial score (nSPS) is 30.1. The lowest BCUT2D eigenvalue weighted by atomic mass is 10.0. The maximum Gasteiger partial charge on any atom is 0.204 e. The van der Waals surface area contributed by atoms with Crippen LogP contribution in [0.3, 0.4) is 0 Å². The average Bonchev–Trinajstić information content (AvgIpc) is 2.90. The lowest BCUT2D eigenvalue weighted by Gasteiger charge is -2.18. The third-order valence-corrected chi connectivity index (χ3v) is 3.70. The number of ether oxygens (including phenoxy) is 1. The van der Waals surface area contributed by atoms with Crippen molar-refractivity contribution in [2.45, 2.75) is 25.4 Å². The summed E-state index contributed by atoms with van der Waals surface area (Å²) in [6.45, 7) is 1.61. The van der Waals surface area contributed by atoms with Gasteiger partial charge in [-0.2, -0.15) is 0 Å². The van der Waals surface area contributed by atoms with Gasteiger partial charge in [-0.15, -0.1) is 0 Å². The Balaban J connectivity index is 2.11. The van der Waals surface area contributed by atoms with Crippen molar-refractivity contribution >= 4 is 22.9 Å². The van der Waals surface area contributed by atoms with E-state index in [0.717, 1.165) is 0 Å². The summed E-state index contributed by atoms with van der Waals surface area (Å²) in [4.78, 5) is 12.0. The van der Waals surface area contributed by atoms with E-state index in [0.29, 0.717) is 11.2 Å². The molecule has 2 aromatic heterocycles. The molecule has 3 heterocycles. The van der Waals surface area contributed by atoms with Gasteiger partial charge in [0.15, 0.2) is 23.2 Å². The van der Waals surface area contributed by atoms with Crippen molar-refractivity contribution in [3.8, 4) is 0 Å². The number of hydrogen-bond donors (Lipinski definition) is 4. The number of anilines is 2. The predicted octanol–water partition coefficient (Wildman–Crippen LogP) is -1.12. The van der Waals surface area contributed by atoms with Crippen LogP contribution in [0.5, 0.6) is 0 Å². The average molecular weight is 280 g/mol. The van der Waals surface area contributed by atoms with Gasteiger partial charge in [-0.25, -0.2) is 15.0 Å². The fraction of sp³-hybridized carbons (Fsp3) is 0.545. The molecule has 1 saturated heterocycles. The molecule has 9 nitrogen and oxygen atoms in total. The highest BCUT2D eigenvalue weighted by atomic mass is 16.5. The van der Waals surface area contributed by atoms with Gasteiger partial charge in [0.05, 0.1) is 12.7 Å². The Morgan fingerprint density at radius 1 is 1.40 bits per heavy atom. The summed E-state index contributed by atoms with van der Waals surface area (Å²) in [6, 6.07) is 0. The summed E-state index contributed by atoms with van der Waals surface area (Å²) < 4.78 is 7.13. The van der Waals surface area contributed by atoms with Gasteiger partial charge in [-0.3, -0.25) is 4.57 Å². The number of aliphatic hydroxyl groups is 2. The minimum Gasteiger partial charge on any atom is -0.394 e. The Kier molecular flexibility index (Phi) is 2.96. The first kappa shape index (κ1) is 13.0. The van der Waals surface area contributed by atoms with Gasteiger partial charge in [-0.05, 0) is 0 Å². The third kappa shape index (κ3) is 1.71. The summed E-state index contributed by atoms with van der Waals surface area (Å²) in [6.07, 6.45) is -0.764. The highest BCUT2D eigenvalue weighted by Gasteiger charge is 2.43. The molecular weight excluding hydrogens is 264 g/mol. The number of aliphatic hydroxyl groups excluding tert-OH is 2. The van der Waals surface area contributed by atoms with Crippen LogP contribution in [0.1, 0.15) is 13.2 Å². The molecule has 20 heavy (non-hydrogen) atoms. The molecule has 1 aliphatic heterocycles. The molecule has 4 unspecified atom stereocenters. The van der Waals surface area contributed by atoms with Crippen molar-refractivity contribution in [1.29, 1.82) is 0 Å². The quantitative estimate of drug-likeness (QED) is 0.541. The zero-order valence-corrected chi connectivity index (χ0v) is 10.8. The molecule has 2 aromatic rings. The molecule has 0 radical (unpaired) electrons. The number of nitrogen functional groups attached to an aromatic ring is 2. The monoisotopic (exact) mass is 280 g/mol. The van der Waals surface area contributed by atoms with Crippen molar-refractivity contribution in [2.24, 2.45) is 5.92 Å². The van der Waals surface area contributed by atoms with E-state index in [1.165, 1.54) is 10.9 Å². The summed E-state index contributed by atoms with van der Waals surface area (Å²) >= 11 is 0. The molecule has 108 valence electrons. The summed E-state index contributed by atoms with van der Waals surface area (Å²) in [7, 11) is 0. The first-order valence-electron chi connectivity index (χ1n) is 6.23. The smallest absolute Gasteiger partial charge is 0.204 e. The summed E-state index contributed by atoms with van der Waals surface area (Å²) in [5, 5.41) is 19.5. The van der Waals surface area contributed by atoms with Crippen molar-refractivity contribution in [3.05, 3.63) is 6.33 Å². The predicted molar refractivity (Wildman–Crippen MR) is 70.3 cm³/mol. The SMILES string of the molecule is CC1C(CO)OC(n2c(N)nc3c(N)ncnc32)C1O. The Morgan fingerprint density at radius 3 is 2.80 bits per heavy atom. The van der Waals surface area contributed by atoms with E-state index in [4.69, 9.17) is 16.2 Å². The highest BCUT2D eigenvalue weighted by Crippen LogP contribution is 2.36. The van der Waals surface area contributed by atoms with Crippen LogP contribution < -0.4 is 11.5 Å². The van der Waals surface area contributed by atoms with E-state index in [-0.39, 0.29) is 24.3 Å². The van der Waals surface area contributed by atoms with Crippen LogP contribution in [0.15, 0.2) is 6.33 Å². The van der Waals surface area contributed by atoms with E-state index in [2.05, 4.69) is 15.0 Å². The number of nitrogens with zero attached hydrogens (tertiary/aromatic N) is 4. The van der Waals surface area contributed by atoms with Crippen LogP contribution in [-0.4, -0.2) is 48.5 Å². The minimum absolute atomic E-state index is 0.127. The van der Waals surface area contributed by atoms with E-state index in [1.54, 1.807) is 6.92 Å². The Labute approximate surface area is 114 Å². The van der Waals surface area contributed by atoms with E-state index in [9.17, 15) is 10.2 Å². The van der Waals surface area contributed by atoms with Gasteiger partial charge in [0.25, 0.3) is 0 Å². The third-order valence-electron chi connectivity index (χ3n) is 3.70. The van der Waals surface area contributed by atoms with Gasteiger partial charge in [0.2, 0.25) is 5.95 Å². The molecule has 0 bridgehead atoms. The van der Waals surface area contributed by atoms with Crippen molar-refractivity contribution < 1.29 is 14.9 Å². The van der Waals surface area contributed by atoms with Crippen molar-refractivity contribution in [3.63, 3.8) is 0 Å². The first-order valence-corrected chi connectivity index (χ1v) is 6.23. The van der Waals surface area contributed by atoms with Crippen molar-refractivity contribution in [2.75, 3.05) is 18.1 Å². The maximum absolute atomic E-state index is 10.3. The standard InChI is InChI=1S/C11H16N6O3/c1-4-5(2-18)20-10(7(4)19)17-9-6(16-11(17)13)8(12)14-3-15-9/h3-5,7,10,18-19H,2H2,1H3,(H2,13,16)(H2,12,14,15). The minimum atomic E-state index is -0.831. The fourth-order valence-electron chi connectivity index (χ4n) is 2.48. The Hall–Kier alpha value is -1.97. The molecule has 3 rings (SSSR count). The molecule has 0 spiro atoms. The highest BCUT2D eigenvalue weighted by molar-refractivity contribution is 5.83. The summed E-state index contributed by atoms with van der Waals surface area (Å²) in [5.74, 6) is 0.0998. The number of aromatic nitrogens is 4. The number of rotatable bonds is 2. The number of fused-ring (bicyclic) bond motifs is 1. The van der Waals surface area contributed by atoms with E-state index in [1.807, 2.05) is 0 Å². The summed E-state index contributed by atoms with van der Waals surface area (Å²) in [5.41, 5.74) is 12.4. The number of hydrogen-bond acceptors (Lipinski definition) is 8. The van der Waals surface area contributed by atoms with Crippen LogP contribution in [0.2, 0.25) is 0 Å². The van der Waals surface area contributed by atoms with Gasteiger partial charge in [0, 0.05) is 5.92 Å². The fourth-order valence-corrected chi connectivity index (χ4v) is 2.48. The molecule has 4 atom stereocenters. The zero-order valence-electron chi connectivity index (χ0n) is 10.8.